The van der Waals surface area contributed by atoms with Gasteiger partial charge in [-0.15, -0.1) is 11.6 Å². The second-order valence-corrected chi connectivity index (χ2v) is 3.11. The summed E-state index contributed by atoms with van der Waals surface area (Å²) in [6.07, 6.45) is 0.104. The molecule has 0 aromatic heterocycles. The number of benzene rings is 1. The lowest BCUT2D eigenvalue weighted by Gasteiger charge is -1.97. The highest BCUT2D eigenvalue weighted by Gasteiger charge is 1.97. The lowest BCUT2D eigenvalue weighted by atomic mass is 10.1. The molecule has 3 heteroatoms. The Labute approximate surface area is 94.2 Å². The zero-order valence-corrected chi connectivity index (χ0v) is 9.17. The highest BCUT2D eigenvalue weighted by atomic mass is 35.5. The maximum Gasteiger partial charge on any atom is 0.317 e. The molecule has 1 rings (SSSR count). The Kier molecular flexibility index (Phi) is 4.73. The average Bonchev–Trinajstić information content (AvgIpc) is 2.29. The van der Waals surface area contributed by atoms with E-state index in [0.29, 0.717) is 5.88 Å². The Morgan fingerprint density at radius 3 is 2.87 bits per heavy atom. The minimum absolute atomic E-state index is 0.104. The predicted molar refractivity (Wildman–Crippen MR) is 59.5 cm³/mol. The molecule has 0 aliphatic heterocycles. The third-order valence-corrected chi connectivity index (χ3v) is 2.13. The SMILES string of the molecule is COC(=O)CC#Cc1ccccc1CCl. The molecule has 0 N–H and O–H groups in total. The van der Waals surface area contributed by atoms with Gasteiger partial charge in [-0.2, -0.15) is 0 Å². The van der Waals surface area contributed by atoms with Crippen LogP contribution in [0.15, 0.2) is 24.3 Å². The number of esters is 1. The Morgan fingerprint density at radius 2 is 2.20 bits per heavy atom. The van der Waals surface area contributed by atoms with E-state index < -0.39 is 0 Å². The molecular formula is C12H11ClO2. The minimum atomic E-state index is -0.328. The summed E-state index contributed by atoms with van der Waals surface area (Å²) in [6.45, 7) is 0. The summed E-state index contributed by atoms with van der Waals surface area (Å²) < 4.78 is 4.48. The fourth-order valence-corrected chi connectivity index (χ4v) is 1.28. The maximum absolute atomic E-state index is 10.8. The monoisotopic (exact) mass is 222 g/mol. The van der Waals surface area contributed by atoms with Crippen LogP contribution in [0.2, 0.25) is 0 Å². The van der Waals surface area contributed by atoms with E-state index in [2.05, 4.69) is 16.6 Å². The van der Waals surface area contributed by atoms with E-state index in [0.717, 1.165) is 11.1 Å². The Balaban J connectivity index is 2.75. The van der Waals surface area contributed by atoms with Crippen molar-refractivity contribution < 1.29 is 9.53 Å². The molecule has 0 aliphatic rings. The van der Waals surface area contributed by atoms with Crippen molar-refractivity contribution in [1.29, 1.82) is 0 Å². The summed E-state index contributed by atoms with van der Waals surface area (Å²) in [5.41, 5.74) is 1.83. The van der Waals surface area contributed by atoms with E-state index in [1.54, 1.807) is 0 Å². The number of halogens is 1. The van der Waals surface area contributed by atoms with Gasteiger partial charge in [0.2, 0.25) is 0 Å². The molecule has 0 bridgehead atoms. The zero-order chi connectivity index (χ0) is 11.1. The molecule has 0 fully saturated rings. The Hall–Kier alpha value is -1.46. The smallest absolute Gasteiger partial charge is 0.317 e. The highest BCUT2D eigenvalue weighted by molar-refractivity contribution is 6.17. The lowest BCUT2D eigenvalue weighted by Crippen LogP contribution is -1.97. The van der Waals surface area contributed by atoms with Crippen LogP contribution in [0.4, 0.5) is 0 Å². The molecule has 0 atom stereocenters. The van der Waals surface area contributed by atoms with Crippen LogP contribution in [0.5, 0.6) is 0 Å². The van der Waals surface area contributed by atoms with Gasteiger partial charge in [-0.25, -0.2) is 0 Å². The predicted octanol–water partition coefficient (Wildman–Crippen LogP) is 2.34. The van der Waals surface area contributed by atoms with Gasteiger partial charge in [0, 0.05) is 11.4 Å². The fourth-order valence-electron chi connectivity index (χ4n) is 1.04. The van der Waals surface area contributed by atoms with Crippen LogP contribution in [0.1, 0.15) is 17.5 Å². The van der Waals surface area contributed by atoms with Crippen LogP contribution in [0, 0.1) is 11.8 Å². The first-order valence-electron chi connectivity index (χ1n) is 4.47. The molecule has 0 unspecified atom stereocenters. The van der Waals surface area contributed by atoms with Crippen LogP contribution in [-0.2, 0) is 15.4 Å². The second-order valence-electron chi connectivity index (χ2n) is 2.85. The quantitative estimate of drug-likeness (QED) is 0.436. The number of ether oxygens (including phenoxy) is 1. The van der Waals surface area contributed by atoms with Gasteiger partial charge in [-0.3, -0.25) is 4.79 Å². The van der Waals surface area contributed by atoms with Gasteiger partial charge in [-0.1, -0.05) is 30.0 Å². The van der Waals surface area contributed by atoms with Gasteiger partial charge in [0.1, 0.15) is 6.42 Å². The number of rotatable bonds is 2. The molecule has 1 aromatic rings. The molecule has 2 nitrogen and oxygen atoms in total. The van der Waals surface area contributed by atoms with Gasteiger partial charge >= 0.3 is 5.97 Å². The Morgan fingerprint density at radius 1 is 1.47 bits per heavy atom. The van der Waals surface area contributed by atoms with E-state index in [4.69, 9.17) is 11.6 Å². The van der Waals surface area contributed by atoms with Crippen LogP contribution < -0.4 is 0 Å². The third-order valence-electron chi connectivity index (χ3n) is 1.84. The molecule has 0 saturated heterocycles. The van der Waals surface area contributed by atoms with Crippen molar-refractivity contribution in [2.75, 3.05) is 7.11 Å². The third kappa shape index (κ3) is 3.65. The number of carbonyl (C=O) groups is 1. The van der Waals surface area contributed by atoms with E-state index >= 15 is 0 Å². The summed E-state index contributed by atoms with van der Waals surface area (Å²) in [5, 5.41) is 0. The first kappa shape index (κ1) is 11.6. The number of hydrogen-bond donors (Lipinski definition) is 0. The van der Waals surface area contributed by atoms with Gasteiger partial charge in [0.05, 0.1) is 7.11 Å². The molecule has 0 heterocycles. The van der Waals surface area contributed by atoms with E-state index in [1.165, 1.54) is 7.11 Å². The first-order chi connectivity index (χ1) is 7.27. The van der Waals surface area contributed by atoms with E-state index in [-0.39, 0.29) is 12.4 Å². The molecule has 15 heavy (non-hydrogen) atoms. The van der Waals surface area contributed by atoms with Gasteiger partial charge < -0.3 is 4.74 Å². The van der Waals surface area contributed by atoms with Gasteiger partial charge in [-0.05, 0) is 11.6 Å². The highest BCUT2D eigenvalue weighted by Crippen LogP contribution is 2.09. The topological polar surface area (TPSA) is 26.3 Å². The van der Waals surface area contributed by atoms with Crippen molar-refractivity contribution in [2.24, 2.45) is 0 Å². The number of methoxy groups -OCH3 is 1. The molecule has 0 aliphatic carbocycles. The minimum Gasteiger partial charge on any atom is -0.468 e. The number of carbonyl (C=O) groups excluding carboxylic acids is 1. The molecule has 0 radical (unpaired) electrons. The summed E-state index contributed by atoms with van der Waals surface area (Å²) in [4.78, 5) is 10.8. The van der Waals surface area contributed by atoms with Crippen LogP contribution >= 0.6 is 11.6 Å². The average molecular weight is 223 g/mol. The molecule has 0 spiro atoms. The van der Waals surface area contributed by atoms with Crippen LogP contribution in [-0.4, -0.2) is 13.1 Å². The summed E-state index contributed by atoms with van der Waals surface area (Å²) in [5.74, 6) is 5.73. The van der Waals surface area contributed by atoms with Crippen molar-refractivity contribution in [1.82, 2.24) is 0 Å². The lowest BCUT2D eigenvalue weighted by molar-refractivity contribution is -0.139. The maximum atomic E-state index is 10.8. The second kappa shape index (κ2) is 6.10. The zero-order valence-electron chi connectivity index (χ0n) is 8.42. The van der Waals surface area contributed by atoms with Gasteiger partial charge in [0.25, 0.3) is 0 Å². The number of hydrogen-bond acceptors (Lipinski definition) is 2. The van der Waals surface area contributed by atoms with Crippen molar-refractivity contribution in [3.63, 3.8) is 0 Å². The standard InChI is InChI=1S/C12H11ClO2/c1-15-12(14)8-4-7-10-5-2-3-6-11(10)9-13/h2-3,5-6H,8-9H2,1H3. The molecule has 0 amide bonds. The Bertz CT molecular complexity index is 402. The van der Waals surface area contributed by atoms with Crippen LogP contribution in [0.3, 0.4) is 0 Å². The van der Waals surface area contributed by atoms with E-state index in [1.807, 2.05) is 24.3 Å². The fraction of sp³-hybridized carbons (Fsp3) is 0.250. The van der Waals surface area contributed by atoms with Crippen molar-refractivity contribution in [2.45, 2.75) is 12.3 Å². The summed E-state index contributed by atoms with van der Waals surface area (Å²) >= 11 is 5.74. The first-order valence-corrected chi connectivity index (χ1v) is 5.01. The van der Waals surface area contributed by atoms with Crippen molar-refractivity contribution >= 4 is 17.6 Å². The number of alkyl halides is 1. The summed E-state index contributed by atoms with van der Waals surface area (Å²) in [6, 6.07) is 7.58. The van der Waals surface area contributed by atoms with E-state index in [9.17, 15) is 4.79 Å². The van der Waals surface area contributed by atoms with Gasteiger partial charge in [0.15, 0.2) is 0 Å². The molecule has 78 valence electrons. The molecular weight excluding hydrogens is 212 g/mol. The molecule has 1 aromatic carbocycles. The summed E-state index contributed by atoms with van der Waals surface area (Å²) in [7, 11) is 1.34. The molecule has 0 saturated carbocycles. The van der Waals surface area contributed by atoms with Crippen molar-refractivity contribution in [3.05, 3.63) is 35.4 Å². The van der Waals surface area contributed by atoms with Crippen LogP contribution in [0.25, 0.3) is 0 Å². The largest absolute Gasteiger partial charge is 0.468 e. The van der Waals surface area contributed by atoms with Crippen molar-refractivity contribution in [3.8, 4) is 11.8 Å². The normalized spacial score (nSPS) is 8.93.